The third-order valence-electron chi connectivity index (χ3n) is 7.08. The van der Waals surface area contributed by atoms with Gasteiger partial charge in [-0.25, -0.2) is 27.5 Å². The third-order valence-corrected chi connectivity index (χ3v) is 11.0. The van der Waals surface area contributed by atoms with E-state index in [1.165, 1.54) is 11.9 Å². The lowest BCUT2D eigenvalue weighted by molar-refractivity contribution is 0.142. The van der Waals surface area contributed by atoms with Gasteiger partial charge in [0.05, 0.1) is 15.2 Å². The van der Waals surface area contributed by atoms with Gasteiger partial charge in [0.2, 0.25) is 0 Å². The van der Waals surface area contributed by atoms with Crippen LogP contribution < -0.4 is 4.72 Å². The summed E-state index contributed by atoms with van der Waals surface area (Å²) in [4.78, 5) is 7.85. The molecule has 6 rings (SSSR count). The first-order chi connectivity index (χ1) is 19.0. The quantitative estimate of drug-likeness (QED) is 0.154. The molecule has 2 aliphatic rings. The topological polar surface area (TPSA) is 120 Å². The number of aliphatic hydroxyl groups is 1. The smallest absolute Gasteiger partial charge is 0.291 e. The maximum absolute atomic E-state index is 13.3. The first-order valence-corrected chi connectivity index (χ1v) is 16.4. The molecule has 1 saturated carbocycles. The van der Waals surface area contributed by atoms with Gasteiger partial charge < -0.3 is 10.0 Å². The molecule has 1 saturated heterocycles. The molecule has 0 spiro atoms. The van der Waals surface area contributed by atoms with E-state index in [-0.39, 0.29) is 21.7 Å². The Kier molecular flexibility index (Phi) is 7.38. The fourth-order valence-corrected chi connectivity index (χ4v) is 7.68. The van der Waals surface area contributed by atoms with Gasteiger partial charge in [-0.1, -0.05) is 29.0 Å². The number of hydrogen-bond donors (Lipinski definition) is 3. The zero-order chi connectivity index (χ0) is 28.2. The molecule has 1 atom stereocenters. The maximum Gasteiger partial charge on any atom is 0.291 e. The lowest BCUT2D eigenvalue weighted by Crippen LogP contribution is -2.40. The molecule has 1 aromatic carbocycles. The zero-order valence-electron chi connectivity index (χ0n) is 21.4. The van der Waals surface area contributed by atoms with Gasteiger partial charge in [0.15, 0.2) is 21.0 Å². The molecule has 0 bridgehead atoms. The van der Waals surface area contributed by atoms with E-state index in [0.29, 0.717) is 35.4 Å². The van der Waals surface area contributed by atoms with Crippen LogP contribution >= 0.6 is 34.9 Å². The van der Waals surface area contributed by atoms with Crippen LogP contribution in [0.2, 0.25) is 5.15 Å². The van der Waals surface area contributed by atoms with Crippen LogP contribution in [0.3, 0.4) is 0 Å². The highest BCUT2D eigenvalue weighted by Crippen LogP contribution is 2.41. The van der Waals surface area contributed by atoms with Crippen LogP contribution in [0.4, 0.5) is 8.78 Å². The monoisotopic (exact) mass is 625 g/mol. The molecule has 1 aliphatic heterocycles. The van der Waals surface area contributed by atoms with Crippen molar-refractivity contribution in [2.75, 3.05) is 25.4 Å². The molecule has 2 fully saturated rings. The molecule has 40 heavy (non-hydrogen) atoms. The van der Waals surface area contributed by atoms with Crippen molar-refractivity contribution >= 4 is 50.1 Å². The minimum atomic E-state index is -2.97. The molecular formula is C25H26ClF2N7O2S3. The summed E-state index contributed by atoms with van der Waals surface area (Å²) in [6, 6.07) is 7.24. The molecule has 0 radical (unpaired) electrons. The molecule has 1 aliphatic carbocycles. The van der Waals surface area contributed by atoms with Crippen molar-refractivity contribution in [3.05, 3.63) is 46.2 Å². The standard InChI is InChI=1S/C25H26ClF2N7O2S3/c1-14-11-16(40(29,37)10-9-34-7-2-8-34)3-4-17(14)18-12-15(39-33-25(36)5-6-25)13-35-19(18)20(26)30-22(35)24-32-31-23(38-24)21(27)28/h3-4,11-13,21,29,33,36H,2,5-10H2,1H3. The van der Waals surface area contributed by atoms with Gasteiger partial charge in [0, 0.05) is 33.8 Å². The molecule has 3 N–H and O–H groups in total. The fraction of sp³-hybridized carbons (Fsp3) is 0.400. The molecule has 4 aromatic rings. The Labute approximate surface area is 243 Å². The van der Waals surface area contributed by atoms with E-state index in [4.69, 9.17) is 16.4 Å². The number of aromatic nitrogens is 4. The first-order valence-electron chi connectivity index (χ1n) is 12.6. The van der Waals surface area contributed by atoms with E-state index < -0.39 is 26.9 Å². The summed E-state index contributed by atoms with van der Waals surface area (Å²) in [6.07, 6.45) is 1.43. The second-order valence-electron chi connectivity index (χ2n) is 10.1. The number of hydrogen-bond acceptors (Lipinski definition) is 10. The van der Waals surface area contributed by atoms with Crippen molar-refractivity contribution in [1.29, 1.82) is 4.78 Å². The number of fused-ring (bicyclic) bond motifs is 1. The van der Waals surface area contributed by atoms with Crippen LogP contribution in [0.25, 0.3) is 27.5 Å². The number of benzene rings is 1. The summed E-state index contributed by atoms with van der Waals surface area (Å²) in [5.41, 5.74) is 1.91. The van der Waals surface area contributed by atoms with Crippen LogP contribution in [0.1, 0.15) is 36.3 Å². The Bertz CT molecular complexity index is 1700. The Morgan fingerprint density at radius 1 is 1.27 bits per heavy atom. The number of imidazole rings is 1. The van der Waals surface area contributed by atoms with E-state index in [2.05, 4.69) is 24.8 Å². The minimum absolute atomic E-state index is 0.159. The Morgan fingerprint density at radius 2 is 2.05 bits per heavy atom. The van der Waals surface area contributed by atoms with E-state index in [9.17, 15) is 18.1 Å². The Balaban J connectivity index is 1.43. The normalized spacial score (nSPS) is 18.2. The highest BCUT2D eigenvalue weighted by molar-refractivity contribution is 7.97. The average Bonchev–Trinajstić information content (AvgIpc) is 3.27. The zero-order valence-corrected chi connectivity index (χ0v) is 24.6. The number of alkyl halides is 2. The SMILES string of the molecule is Cc1cc(S(=N)(=O)CCN2CCC2)ccc1-c1cc(SNC2(O)CC2)cn2c(-c3nnc(C(F)F)s3)nc(Cl)c12. The van der Waals surface area contributed by atoms with Crippen LogP contribution in [0.5, 0.6) is 0 Å². The number of aryl methyl sites for hydroxylation is 1. The van der Waals surface area contributed by atoms with Gasteiger partial charge in [0.1, 0.15) is 5.72 Å². The molecular weight excluding hydrogens is 600 g/mol. The molecule has 3 aromatic heterocycles. The van der Waals surface area contributed by atoms with Crippen molar-refractivity contribution in [3.63, 3.8) is 0 Å². The van der Waals surface area contributed by atoms with Gasteiger partial charge in [-0.2, -0.15) is 0 Å². The molecule has 1 unspecified atom stereocenters. The second kappa shape index (κ2) is 10.6. The van der Waals surface area contributed by atoms with Gasteiger partial charge in [-0.3, -0.25) is 4.40 Å². The van der Waals surface area contributed by atoms with E-state index >= 15 is 0 Å². The van der Waals surface area contributed by atoms with Crippen molar-refractivity contribution < 1.29 is 18.1 Å². The van der Waals surface area contributed by atoms with Gasteiger partial charge in [-0.05, 0) is 80.5 Å². The van der Waals surface area contributed by atoms with Crippen LogP contribution in [0, 0.1) is 11.7 Å². The number of rotatable bonds is 10. The Hall–Kier alpha value is -2.20. The molecule has 4 heterocycles. The Morgan fingerprint density at radius 3 is 2.67 bits per heavy atom. The van der Waals surface area contributed by atoms with Crippen molar-refractivity contribution in [2.45, 2.75) is 48.1 Å². The number of pyridine rings is 1. The molecule has 9 nitrogen and oxygen atoms in total. The van der Waals surface area contributed by atoms with E-state index in [1.54, 1.807) is 22.7 Å². The van der Waals surface area contributed by atoms with Crippen molar-refractivity contribution in [3.8, 4) is 22.0 Å². The van der Waals surface area contributed by atoms with E-state index in [1.807, 2.05) is 19.1 Å². The van der Waals surface area contributed by atoms with Crippen molar-refractivity contribution in [1.82, 2.24) is 29.2 Å². The first kappa shape index (κ1) is 27.9. The third kappa shape index (κ3) is 5.50. The maximum atomic E-state index is 13.3. The van der Waals surface area contributed by atoms with Gasteiger partial charge in [0.25, 0.3) is 6.43 Å². The van der Waals surface area contributed by atoms with Gasteiger partial charge >= 0.3 is 0 Å². The minimum Gasteiger partial charge on any atom is -0.375 e. The second-order valence-corrected chi connectivity index (χ2v) is 14.5. The summed E-state index contributed by atoms with van der Waals surface area (Å²) in [5.74, 6) is 0.546. The molecule has 212 valence electrons. The highest BCUT2D eigenvalue weighted by Gasteiger charge is 2.40. The number of nitrogens with one attached hydrogen (secondary N) is 2. The van der Waals surface area contributed by atoms with Crippen LogP contribution in [-0.4, -0.2) is 64.9 Å². The summed E-state index contributed by atoms with van der Waals surface area (Å²) in [6.45, 7) is 4.49. The fourth-order valence-electron chi connectivity index (χ4n) is 4.47. The summed E-state index contributed by atoms with van der Waals surface area (Å²) in [7, 11) is -2.97. The largest absolute Gasteiger partial charge is 0.375 e. The average molecular weight is 626 g/mol. The van der Waals surface area contributed by atoms with E-state index in [0.717, 1.165) is 46.9 Å². The molecule has 15 heteroatoms. The number of nitrogens with zero attached hydrogens (tertiary/aromatic N) is 5. The van der Waals surface area contributed by atoms with Crippen molar-refractivity contribution in [2.24, 2.45) is 0 Å². The molecule has 0 amide bonds. The summed E-state index contributed by atoms with van der Waals surface area (Å²) < 4.78 is 53.0. The van der Waals surface area contributed by atoms with Crippen LogP contribution in [0.15, 0.2) is 40.3 Å². The predicted molar refractivity (Wildman–Crippen MR) is 152 cm³/mol. The van der Waals surface area contributed by atoms with Crippen LogP contribution in [-0.2, 0) is 9.73 Å². The number of likely N-dealkylation sites (tertiary alicyclic amines) is 1. The van der Waals surface area contributed by atoms with Gasteiger partial charge in [-0.15, -0.1) is 10.2 Å². The lowest BCUT2D eigenvalue weighted by atomic mass is 10.0. The predicted octanol–water partition coefficient (Wildman–Crippen LogP) is 5.61. The lowest BCUT2D eigenvalue weighted by Gasteiger charge is -2.30. The highest BCUT2D eigenvalue weighted by atomic mass is 35.5. The number of halogens is 3. The summed E-state index contributed by atoms with van der Waals surface area (Å²) >= 11 is 8.63. The summed E-state index contributed by atoms with van der Waals surface area (Å²) in [5, 5.41) is 17.8.